The zero-order chi connectivity index (χ0) is 10.0. The fourth-order valence-corrected chi connectivity index (χ4v) is 1.11. The molecule has 0 radical (unpaired) electrons. The van der Waals surface area contributed by atoms with Crippen LogP contribution in [0.3, 0.4) is 0 Å². The van der Waals surface area contributed by atoms with Gasteiger partial charge in [-0.05, 0) is 6.07 Å². The van der Waals surface area contributed by atoms with Crippen LogP contribution in [-0.4, -0.2) is 17.2 Å². The van der Waals surface area contributed by atoms with E-state index < -0.39 is 13.5 Å². The number of halogens is 3. The van der Waals surface area contributed by atoms with Crippen molar-refractivity contribution >= 4 is 24.2 Å². The molecule has 0 unspecified atom stereocenters. The number of hydrogen-bond acceptors (Lipinski definition) is 2. The molecule has 13 heavy (non-hydrogen) atoms. The molecule has 0 atom stereocenters. The van der Waals surface area contributed by atoms with E-state index in [1.807, 2.05) is 0 Å². The van der Waals surface area contributed by atoms with E-state index in [-0.39, 0.29) is 16.0 Å². The van der Waals surface area contributed by atoms with Gasteiger partial charge in [-0.2, -0.15) is 0 Å². The molecule has 0 bridgehead atoms. The molecule has 0 heterocycles. The minimum atomic E-state index is -2.64. The topological polar surface area (TPSA) is 40.5 Å². The first kappa shape index (κ1) is 10.4. The van der Waals surface area contributed by atoms with Gasteiger partial charge >= 0.3 is 7.12 Å². The molecule has 0 aliphatic heterocycles. The maximum absolute atomic E-state index is 12.1. The molecule has 0 aliphatic rings. The van der Waals surface area contributed by atoms with Crippen molar-refractivity contribution in [3.63, 3.8) is 0 Å². The van der Waals surface area contributed by atoms with Gasteiger partial charge in [0.2, 0.25) is 0 Å². The molecule has 2 N–H and O–H groups in total. The summed E-state index contributed by atoms with van der Waals surface area (Å²) in [6.07, 6.45) is -2.64. The minimum Gasteiger partial charge on any atom is -0.423 e. The van der Waals surface area contributed by atoms with Gasteiger partial charge in [0.25, 0.3) is 6.43 Å². The molecule has 1 aromatic rings. The SMILES string of the molecule is OB(O)c1cc(C(F)F)ccc1Cl. The van der Waals surface area contributed by atoms with E-state index in [2.05, 4.69) is 0 Å². The first-order chi connectivity index (χ1) is 6.02. The van der Waals surface area contributed by atoms with Crippen LogP contribution in [0.2, 0.25) is 5.02 Å². The van der Waals surface area contributed by atoms with Crippen molar-refractivity contribution < 1.29 is 18.8 Å². The van der Waals surface area contributed by atoms with Crippen LogP contribution in [0.1, 0.15) is 12.0 Å². The second-order valence-electron chi connectivity index (χ2n) is 2.46. The van der Waals surface area contributed by atoms with E-state index in [0.29, 0.717) is 0 Å². The highest BCUT2D eigenvalue weighted by Gasteiger charge is 2.17. The van der Waals surface area contributed by atoms with Gasteiger partial charge in [-0.15, -0.1) is 0 Å². The van der Waals surface area contributed by atoms with Crippen LogP contribution in [0.4, 0.5) is 8.78 Å². The summed E-state index contributed by atoms with van der Waals surface area (Å²) in [4.78, 5) is 0. The van der Waals surface area contributed by atoms with E-state index in [4.69, 9.17) is 21.6 Å². The minimum absolute atomic E-state index is 0.0550. The second-order valence-corrected chi connectivity index (χ2v) is 2.86. The van der Waals surface area contributed by atoms with Crippen LogP contribution < -0.4 is 5.46 Å². The monoisotopic (exact) mass is 206 g/mol. The fourth-order valence-electron chi connectivity index (χ4n) is 0.896. The summed E-state index contributed by atoms with van der Waals surface area (Å²) >= 11 is 5.53. The Labute approximate surface area is 78.9 Å². The predicted octanol–water partition coefficient (Wildman–Crippen LogP) is 0.957. The fraction of sp³-hybridized carbons (Fsp3) is 0.143. The highest BCUT2D eigenvalue weighted by atomic mass is 35.5. The van der Waals surface area contributed by atoms with Crippen molar-refractivity contribution in [2.75, 3.05) is 0 Å². The zero-order valence-corrected chi connectivity index (χ0v) is 7.17. The average Bonchev–Trinajstić information content (AvgIpc) is 2.04. The Bertz CT molecular complexity index is 307. The summed E-state index contributed by atoms with van der Waals surface area (Å²) in [5.41, 5.74) is -0.396. The van der Waals surface area contributed by atoms with E-state index in [9.17, 15) is 8.78 Å². The van der Waals surface area contributed by atoms with Crippen LogP contribution in [0.15, 0.2) is 18.2 Å². The lowest BCUT2D eigenvalue weighted by molar-refractivity contribution is 0.151. The van der Waals surface area contributed by atoms with Crippen molar-refractivity contribution in [1.29, 1.82) is 0 Å². The van der Waals surface area contributed by atoms with Gasteiger partial charge in [0.05, 0.1) is 0 Å². The van der Waals surface area contributed by atoms with Crippen LogP contribution in [0.25, 0.3) is 0 Å². The number of benzene rings is 1. The van der Waals surface area contributed by atoms with Gasteiger partial charge in [0.15, 0.2) is 0 Å². The molecule has 70 valence electrons. The van der Waals surface area contributed by atoms with Gasteiger partial charge in [0.1, 0.15) is 0 Å². The lowest BCUT2D eigenvalue weighted by Gasteiger charge is -2.05. The summed E-state index contributed by atoms with van der Waals surface area (Å²) < 4.78 is 24.3. The summed E-state index contributed by atoms with van der Waals surface area (Å²) in [6, 6.07) is 3.31. The molecular weight excluding hydrogens is 200 g/mol. The molecule has 0 fully saturated rings. The van der Waals surface area contributed by atoms with Crippen LogP contribution in [0, 0.1) is 0 Å². The molecule has 0 amide bonds. The number of alkyl halides is 2. The molecule has 0 aromatic heterocycles. The number of hydrogen-bond donors (Lipinski definition) is 2. The number of rotatable bonds is 2. The molecule has 2 nitrogen and oxygen atoms in total. The highest BCUT2D eigenvalue weighted by molar-refractivity contribution is 6.62. The summed E-state index contributed by atoms with van der Waals surface area (Å²) in [7, 11) is -1.83. The lowest BCUT2D eigenvalue weighted by Crippen LogP contribution is -2.31. The second kappa shape index (κ2) is 4.04. The van der Waals surface area contributed by atoms with Gasteiger partial charge in [0, 0.05) is 16.0 Å². The Morgan fingerprint density at radius 1 is 1.31 bits per heavy atom. The summed E-state index contributed by atoms with van der Waals surface area (Å²) in [5, 5.41) is 17.5. The first-order valence-electron chi connectivity index (χ1n) is 3.46. The van der Waals surface area contributed by atoms with E-state index in [1.165, 1.54) is 6.07 Å². The smallest absolute Gasteiger partial charge is 0.423 e. The maximum Gasteiger partial charge on any atom is 0.489 e. The van der Waals surface area contributed by atoms with Crippen LogP contribution in [0.5, 0.6) is 0 Å². The van der Waals surface area contributed by atoms with Crippen molar-refractivity contribution in [3.05, 3.63) is 28.8 Å². The van der Waals surface area contributed by atoms with Crippen molar-refractivity contribution in [2.24, 2.45) is 0 Å². The molecule has 1 rings (SSSR count). The van der Waals surface area contributed by atoms with Crippen molar-refractivity contribution in [1.82, 2.24) is 0 Å². The molecule has 0 spiro atoms. The standard InChI is InChI=1S/C7H6BClF2O2/c9-6-2-1-4(7(10)11)3-5(6)8(12)13/h1-3,7,12-13H. The lowest BCUT2D eigenvalue weighted by atomic mass is 9.79. The summed E-state index contributed by atoms with van der Waals surface area (Å²) in [5.74, 6) is 0. The quantitative estimate of drug-likeness (QED) is 0.708. The highest BCUT2D eigenvalue weighted by Crippen LogP contribution is 2.19. The third-order valence-corrected chi connectivity index (χ3v) is 1.89. The molecule has 1 aromatic carbocycles. The van der Waals surface area contributed by atoms with Crippen molar-refractivity contribution in [3.8, 4) is 0 Å². The molecule has 0 saturated carbocycles. The Morgan fingerprint density at radius 3 is 2.38 bits per heavy atom. The van der Waals surface area contributed by atoms with Crippen LogP contribution >= 0.6 is 11.6 Å². The van der Waals surface area contributed by atoms with Gasteiger partial charge in [-0.25, -0.2) is 8.78 Å². The Hall–Kier alpha value is -0.645. The largest absolute Gasteiger partial charge is 0.489 e. The third kappa shape index (κ3) is 2.40. The van der Waals surface area contributed by atoms with Gasteiger partial charge in [-0.3, -0.25) is 0 Å². The van der Waals surface area contributed by atoms with E-state index >= 15 is 0 Å². The Balaban J connectivity index is 3.11. The predicted molar refractivity (Wildman–Crippen MR) is 46.2 cm³/mol. The van der Waals surface area contributed by atoms with Gasteiger partial charge in [-0.1, -0.05) is 23.7 Å². The molecule has 0 saturated heterocycles. The molecule has 6 heteroatoms. The van der Waals surface area contributed by atoms with Gasteiger partial charge < -0.3 is 10.0 Å². The Morgan fingerprint density at radius 2 is 1.92 bits per heavy atom. The van der Waals surface area contributed by atoms with E-state index in [0.717, 1.165) is 12.1 Å². The molecule has 0 aliphatic carbocycles. The molecular formula is C7H6BClF2O2. The Kier molecular flexibility index (Phi) is 3.25. The van der Waals surface area contributed by atoms with Crippen LogP contribution in [-0.2, 0) is 0 Å². The third-order valence-electron chi connectivity index (χ3n) is 1.55. The normalized spacial score (nSPS) is 10.6. The van der Waals surface area contributed by atoms with E-state index in [1.54, 1.807) is 0 Å². The zero-order valence-electron chi connectivity index (χ0n) is 6.42. The first-order valence-corrected chi connectivity index (χ1v) is 3.84. The maximum atomic E-state index is 12.1. The van der Waals surface area contributed by atoms with Crippen molar-refractivity contribution in [2.45, 2.75) is 6.43 Å². The summed E-state index contributed by atoms with van der Waals surface area (Å²) in [6.45, 7) is 0. The average molecular weight is 206 g/mol.